The molecule has 0 spiro atoms. The lowest BCUT2D eigenvalue weighted by Crippen LogP contribution is -2.44. The van der Waals surface area contributed by atoms with Crippen molar-refractivity contribution >= 4 is 34.8 Å². The largest absolute Gasteiger partial charge is 0.355 e. The maximum atomic E-state index is 14.4. The molecule has 1 aromatic carbocycles. The minimum absolute atomic E-state index is 0.00841. The van der Waals surface area contributed by atoms with Gasteiger partial charge in [0.1, 0.15) is 17.5 Å². The molecule has 34 heavy (non-hydrogen) atoms. The topological polar surface area (TPSA) is 64.6 Å². The van der Waals surface area contributed by atoms with Gasteiger partial charge in [-0.3, -0.25) is 4.79 Å². The van der Waals surface area contributed by atoms with Crippen molar-refractivity contribution < 1.29 is 13.6 Å². The Hall–Kier alpha value is -3.30. The van der Waals surface area contributed by atoms with Crippen molar-refractivity contribution in [3.05, 3.63) is 64.9 Å². The summed E-state index contributed by atoms with van der Waals surface area (Å²) in [6.45, 7) is 3.74. The normalized spacial score (nSPS) is 16.4. The fourth-order valence-electron chi connectivity index (χ4n) is 4.20. The number of carbonyl (C=O) groups is 1. The monoisotopic (exact) mass is 484 g/mol. The molecule has 0 radical (unpaired) electrons. The van der Waals surface area contributed by atoms with Gasteiger partial charge in [-0.2, -0.15) is 0 Å². The molecule has 10 heteroatoms. The van der Waals surface area contributed by atoms with Crippen molar-refractivity contribution in [1.29, 1.82) is 0 Å². The minimum atomic E-state index is -0.710. The van der Waals surface area contributed by atoms with E-state index in [1.54, 1.807) is 17.3 Å². The molecule has 1 fully saturated rings. The summed E-state index contributed by atoms with van der Waals surface area (Å²) in [6, 6.07) is 7.85. The van der Waals surface area contributed by atoms with Crippen LogP contribution in [0.5, 0.6) is 0 Å². The van der Waals surface area contributed by atoms with Crippen molar-refractivity contribution in [2.45, 2.75) is 6.54 Å². The summed E-state index contributed by atoms with van der Waals surface area (Å²) in [5, 5.41) is 2.44. The second-order valence-electron chi connectivity index (χ2n) is 8.51. The van der Waals surface area contributed by atoms with Crippen LogP contribution in [-0.2, 0) is 11.3 Å². The maximum absolute atomic E-state index is 14.4. The highest BCUT2D eigenvalue weighted by atomic mass is 35.5. The third-order valence-corrected chi connectivity index (χ3v) is 6.61. The summed E-state index contributed by atoms with van der Waals surface area (Å²) in [5.41, 5.74) is 2.24. The summed E-state index contributed by atoms with van der Waals surface area (Å²) in [7, 11) is 2.11. The van der Waals surface area contributed by atoms with Crippen molar-refractivity contribution in [2.24, 2.45) is 0 Å². The van der Waals surface area contributed by atoms with Gasteiger partial charge in [-0.05, 0) is 37.4 Å². The third-order valence-electron chi connectivity index (χ3n) is 6.20. The van der Waals surface area contributed by atoms with Crippen molar-refractivity contribution in [1.82, 2.24) is 14.9 Å². The van der Waals surface area contributed by atoms with Gasteiger partial charge in [-0.25, -0.2) is 18.7 Å². The first-order valence-corrected chi connectivity index (χ1v) is 11.3. The molecule has 0 unspecified atom stereocenters. The number of nitrogens with one attached hydrogen (secondary N) is 1. The number of aromatic nitrogens is 2. The Kier molecular flexibility index (Phi) is 6.05. The van der Waals surface area contributed by atoms with Gasteiger partial charge in [0, 0.05) is 61.8 Å². The predicted octanol–water partition coefficient (Wildman–Crippen LogP) is 3.79. The number of likely N-dealkylation sites (N-methyl/N-ethyl adjacent to an activating group) is 1. The number of rotatable bonds is 4. The third kappa shape index (κ3) is 4.41. The molecule has 176 valence electrons. The first-order valence-electron chi connectivity index (χ1n) is 11.0. The molecule has 2 aromatic heterocycles. The standard InChI is InChI=1S/C24H23ClF2N6O/c1-31-6-8-32(9-7-31)21-5-2-15(11-28-21)16-10-20-24(29-12-16)30-22(34)14-33(20)13-17-18(26)3-4-19(27)23(17)25/h2-5,10-12H,6-9,13-14H2,1H3,(H,29,30,34). The molecule has 0 aliphatic carbocycles. The Morgan fingerprint density at radius 1 is 1.00 bits per heavy atom. The Labute approximate surface area is 201 Å². The van der Waals surface area contributed by atoms with Gasteiger partial charge in [0.2, 0.25) is 5.91 Å². The van der Waals surface area contributed by atoms with Gasteiger partial charge in [0.05, 0.1) is 17.3 Å². The van der Waals surface area contributed by atoms with E-state index in [0.717, 1.165) is 55.3 Å². The summed E-state index contributed by atoms with van der Waals surface area (Å²) in [5.74, 6) is -0.355. The second kappa shape index (κ2) is 9.15. The molecule has 5 rings (SSSR count). The number of hydrogen-bond acceptors (Lipinski definition) is 6. The average Bonchev–Trinajstić information content (AvgIpc) is 2.84. The molecule has 3 aromatic rings. The average molecular weight is 485 g/mol. The van der Waals surface area contributed by atoms with E-state index in [1.165, 1.54) is 0 Å². The molecule has 1 saturated heterocycles. The summed E-state index contributed by atoms with van der Waals surface area (Å²) in [6.07, 6.45) is 3.46. The number of carbonyl (C=O) groups excluding carboxylic acids is 1. The molecule has 7 nitrogen and oxygen atoms in total. The summed E-state index contributed by atoms with van der Waals surface area (Å²) >= 11 is 6.02. The number of hydrogen-bond donors (Lipinski definition) is 1. The van der Waals surface area contributed by atoms with Crippen LogP contribution >= 0.6 is 11.6 Å². The van der Waals surface area contributed by atoms with Gasteiger partial charge in [-0.1, -0.05) is 11.6 Å². The molecule has 1 N–H and O–H groups in total. The predicted molar refractivity (Wildman–Crippen MR) is 128 cm³/mol. The number of piperazine rings is 1. The molecular weight excluding hydrogens is 462 g/mol. The van der Waals surface area contributed by atoms with Gasteiger partial charge < -0.3 is 20.0 Å². The smallest absolute Gasteiger partial charge is 0.245 e. The molecule has 0 bridgehead atoms. The van der Waals surface area contributed by atoms with E-state index in [2.05, 4.69) is 32.1 Å². The van der Waals surface area contributed by atoms with Gasteiger partial charge >= 0.3 is 0 Å². The number of amides is 1. The highest BCUT2D eigenvalue weighted by molar-refractivity contribution is 6.31. The lowest BCUT2D eigenvalue weighted by atomic mass is 10.1. The number of nitrogens with zero attached hydrogens (tertiary/aromatic N) is 5. The number of fused-ring (bicyclic) bond motifs is 1. The Morgan fingerprint density at radius 3 is 2.47 bits per heavy atom. The van der Waals surface area contributed by atoms with E-state index < -0.39 is 11.6 Å². The number of anilines is 3. The van der Waals surface area contributed by atoms with E-state index in [1.807, 2.05) is 18.2 Å². The van der Waals surface area contributed by atoms with E-state index in [0.29, 0.717) is 11.5 Å². The lowest BCUT2D eigenvalue weighted by Gasteiger charge is -2.33. The minimum Gasteiger partial charge on any atom is -0.355 e. The maximum Gasteiger partial charge on any atom is 0.245 e. The first kappa shape index (κ1) is 22.5. The van der Waals surface area contributed by atoms with Crippen molar-refractivity contribution in [3.8, 4) is 11.1 Å². The first-order chi connectivity index (χ1) is 16.4. The van der Waals surface area contributed by atoms with Crippen LogP contribution in [0.2, 0.25) is 5.02 Å². The van der Waals surface area contributed by atoms with E-state index in [-0.39, 0.29) is 29.6 Å². The molecular formula is C24H23ClF2N6O. The molecule has 0 atom stereocenters. The van der Waals surface area contributed by atoms with E-state index >= 15 is 0 Å². The van der Waals surface area contributed by atoms with Crippen LogP contribution in [0.3, 0.4) is 0 Å². The zero-order valence-corrected chi connectivity index (χ0v) is 19.3. The summed E-state index contributed by atoms with van der Waals surface area (Å²) < 4.78 is 28.3. The number of pyridine rings is 2. The van der Waals surface area contributed by atoms with Gasteiger partial charge in [0.15, 0.2) is 5.82 Å². The van der Waals surface area contributed by atoms with E-state index in [4.69, 9.17) is 11.6 Å². The molecule has 0 saturated carbocycles. The van der Waals surface area contributed by atoms with E-state index in [9.17, 15) is 13.6 Å². The molecule has 2 aliphatic heterocycles. The van der Waals surface area contributed by atoms with Crippen LogP contribution in [0.1, 0.15) is 5.56 Å². The Balaban J connectivity index is 1.43. The van der Waals surface area contributed by atoms with Crippen molar-refractivity contribution in [2.75, 3.05) is 54.9 Å². The molecule has 4 heterocycles. The van der Waals surface area contributed by atoms with Crippen LogP contribution in [0.15, 0.2) is 42.7 Å². The SMILES string of the molecule is CN1CCN(c2ccc(-c3cnc4c(c3)N(Cc3c(F)ccc(F)c3Cl)CC(=O)N4)cn2)CC1. The summed E-state index contributed by atoms with van der Waals surface area (Å²) in [4.78, 5) is 27.4. The number of benzene rings is 1. The van der Waals surface area contributed by atoms with Crippen molar-refractivity contribution in [3.63, 3.8) is 0 Å². The molecule has 2 aliphatic rings. The van der Waals surface area contributed by atoms with Crippen LogP contribution < -0.4 is 15.1 Å². The fraction of sp³-hybridized carbons (Fsp3) is 0.292. The lowest BCUT2D eigenvalue weighted by molar-refractivity contribution is -0.115. The molecule has 1 amide bonds. The second-order valence-corrected chi connectivity index (χ2v) is 8.89. The quantitative estimate of drug-likeness (QED) is 0.568. The van der Waals surface area contributed by atoms with Gasteiger partial charge in [0.25, 0.3) is 0 Å². The fourth-order valence-corrected chi connectivity index (χ4v) is 4.42. The van der Waals surface area contributed by atoms with Gasteiger partial charge in [-0.15, -0.1) is 0 Å². The highest BCUT2D eigenvalue weighted by Crippen LogP contribution is 2.35. The zero-order valence-electron chi connectivity index (χ0n) is 18.6. The Morgan fingerprint density at radius 2 is 1.74 bits per heavy atom. The highest BCUT2D eigenvalue weighted by Gasteiger charge is 2.26. The van der Waals surface area contributed by atoms with Crippen LogP contribution in [-0.4, -0.2) is 60.5 Å². The Bertz CT molecular complexity index is 1230. The van der Waals surface area contributed by atoms with Crippen LogP contribution in [0.25, 0.3) is 11.1 Å². The number of halogens is 3. The van der Waals surface area contributed by atoms with Crippen LogP contribution in [0.4, 0.5) is 26.1 Å². The van der Waals surface area contributed by atoms with Crippen LogP contribution in [0, 0.1) is 11.6 Å². The zero-order chi connectivity index (χ0) is 23.8.